The fourth-order valence-corrected chi connectivity index (χ4v) is 2.59. The van der Waals surface area contributed by atoms with Gasteiger partial charge >= 0.3 is 5.97 Å². The lowest BCUT2D eigenvalue weighted by Gasteiger charge is -2.22. The van der Waals surface area contributed by atoms with Crippen LogP contribution in [0.25, 0.3) is 0 Å². The quantitative estimate of drug-likeness (QED) is 0.547. The molecule has 1 rings (SSSR count). The normalized spacial score (nSPS) is 10.1. The van der Waals surface area contributed by atoms with Crippen molar-refractivity contribution in [3.63, 3.8) is 0 Å². The Bertz CT molecular complexity index is 488. The zero-order valence-electron chi connectivity index (χ0n) is 13.0. The van der Waals surface area contributed by atoms with Gasteiger partial charge in [0, 0.05) is 31.4 Å². The Labute approximate surface area is 134 Å². The van der Waals surface area contributed by atoms with Gasteiger partial charge in [-0.2, -0.15) is 0 Å². The van der Waals surface area contributed by atoms with Gasteiger partial charge in [0.2, 0.25) is 11.8 Å². The molecule has 2 amide bonds. The molecule has 1 aromatic heterocycles. The number of carbonyl (C=O) groups is 3. The number of ether oxygens (including phenoxy) is 1. The van der Waals surface area contributed by atoms with Gasteiger partial charge in [-0.1, -0.05) is 6.07 Å². The van der Waals surface area contributed by atoms with Crippen molar-refractivity contribution in [2.24, 2.45) is 0 Å². The number of rotatable bonds is 9. The molecule has 0 radical (unpaired) electrons. The first-order valence-corrected chi connectivity index (χ1v) is 8.02. The van der Waals surface area contributed by atoms with E-state index in [0.717, 1.165) is 4.88 Å². The molecule has 7 heteroatoms. The van der Waals surface area contributed by atoms with E-state index in [2.05, 4.69) is 10.1 Å². The highest BCUT2D eigenvalue weighted by Gasteiger charge is 2.16. The van der Waals surface area contributed by atoms with E-state index >= 15 is 0 Å². The van der Waals surface area contributed by atoms with Gasteiger partial charge in [-0.15, -0.1) is 11.3 Å². The van der Waals surface area contributed by atoms with Crippen LogP contribution in [0.1, 0.15) is 24.6 Å². The van der Waals surface area contributed by atoms with Gasteiger partial charge < -0.3 is 15.0 Å². The number of hydrogen-bond acceptors (Lipinski definition) is 5. The van der Waals surface area contributed by atoms with Gasteiger partial charge in [-0.3, -0.25) is 14.4 Å². The summed E-state index contributed by atoms with van der Waals surface area (Å²) in [6.07, 6.45) is 1.16. The Balaban J connectivity index is 2.49. The SMILES string of the molecule is COC(=O)CCN(CCCNC(C)=O)C(=O)Cc1cccs1. The van der Waals surface area contributed by atoms with E-state index < -0.39 is 0 Å². The summed E-state index contributed by atoms with van der Waals surface area (Å²) >= 11 is 1.53. The second kappa shape index (κ2) is 9.94. The number of carbonyl (C=O) groups excluding carboxylic acids is 3. The first-order valence-electron chi connectivity index (χ1n) is 7.14. The summed E-state index contributed by atoms with van der Waals surface area (Å²) in [4.78, 5) is 37.1. The van der Waals surface area contributed by atoms with E-state index in [0.29, 0.717) is 32.5 Å². The molecule has 0 unspecified atom stereocenters. The molecule has 22 heavy (non-hydrogen) atoms. The number of amides is 2. The largest absolute Gasteiger partial charge is 0.469 e. The molecular formula is C15H22N2O4S. The summed E-state index contributed by atoms with van der Waals surface area (Å²) in [5.41, 5.74) is 0. The summed E-state index contributed by atoms with van der Waals surface area (Å²) in [6.45, 7) is 2.80. The smallest absolute Gasteiger partial charge is 0.307 e. The first kappa shape index (κ1) is 18.2. The van der Waals surface area contributed by atoms with E-state index in [1.54, 1.807) is 4.90 Å². The molecule has 0 aliphatic heterocycles. The summed E-state index contributed by atoms with van der Waals surface area (Å²) in [7, 11) is 1.33. The fraction of sp³-hybridized carbons (Fsp3) is 0.533. The van der Waals surface area contributed by atoms with Crippen LogP contribution in [0.3, 0.4) is 0 Å². The lowest BCUT2D eigenvalue weighted by Crippen LogP contribution is -2.36. The number of methoxy groups -OCH3 is 1. The lowest BCUT2D eigenvalue weighted by molar-refractivity contribution is -0.141. The van der Waals surface area contributed by atoms with Crippen LogP contribution < -0.4 is 5.32 Å². The molecule has 0 saturated carbocycles. The third-order valence-electron chi connectivity index (χ3n) is 3.05. The minimum absolute atomic E-state index is 0.0193. The summed E-state index contributed by atoms with van der Waals surface area (Å²) < 4.78 is 4.61. The zero-order chi connectivity index (χ0) is 16.4. The van der Waals surface area contributed by atoms with Crippen molar-refractivity contribution in [2.75, 3.05) is 26.7 Å². The zero-order valence-corrected chi connectivity index (χ0v) is 13.8. The number of nitrogens with one attached hydrogen (secondary N) is 1. The van der Waals surface area contributed by atoms with Crippen molar-refractivity contribution >= 4 is 29.1 Å². The molecule has 0 atom stereocenters. The molecule has 1 heterocycles. The van der Waals surface area contributed by atoms with Crippen molar-refractivity contribution in [1.82, 2.24) is 10.2 Å². The van der Waals surface area contributed by atoms with Gasteiger partial charge in [0.05, 0.1) is 20.0 Å². The van der Waals surface area contributed by atoms with Crippen LogP contribution in [-0.4, -0.2) is 49.4 Å². The summed E-state index contributed by atoms with van der Waals surface area (Å²) in [5.74, 6) is -0.448. The number of nitrogens with zero attached hydrogens (tertiary/aromatic N) is 1. The van der Waals surface area contributed by atoms with Crippen molar-refractivity contribution in [2.45, 2.75) is 26.2 Å². The van der Waals surface area contributed by atoms with Crippen LogP contribution in [-0.2, 0) is 25.5 Å². The minimum atomic E-state index is -0.337. The summed E-state index contributed by atoms with van der Waals surface area (Å²) in [6, 6.07) is 3.82. The van der Waals surface area contributed by atoms with E-state index in [9.17, 15) is 14.4 Å². The van der Waals surface area contributed by atoms with Crippen LogP contribution in [0.4, 0.5) is 0 Å². The standard InChI is InChI=1S/C15H22N2O4S/c1-12(18)16-7-4-8-17(9-6-15(20)21-2)14(19)11-13-5-3-10-22-13/h3,5,10H,4,6-9,11H2,1-2H3,(H,16,18). The predicted octanol–water partition coefficient (Wildman–Crippen LogP) is 1.21. The molecule has 0 saturated heterocycles. The number of hydrogen-bond donors (Lipinski definition) is 1. The molecular weight excluding hydrogens is 304 g/mol. The van der Waals surface area contributed by atoms with Crippen LogP contribution in [0.2, 0.25) is 0 Å². The maximum absolute atomic E-state index is 12.3. The number of esters is 1. The molecule has 0 aliphatic rings. The minimum Gasteiger partial charge on any atom is -0.469 e. The van der Waals surface area contributed by atoms with Gasteiger partial charge in [0.1, 0.15) is 0 Å². The van der Waals surface area contributed by atoms with E-state index in [-0.39, 0.29) is 24.2 Å². The molecule has 6 nitrogen and oxygen atoms in total. The first-order chi connectivity index (χ1) is 10.5. The Hall–Kier alpha value is -1.89. The van der Waals surface area contributed by atoms with Crippen LogP contribution >= 0.6 is 11.3 Å². The second-order valence-corrected chi connectivity index (χ2v) is 5.83. The van der Waals surface area contributed by atoms with Crippen LogP contribution in [0.15, 0.2) is 17.5 Å². The van der Waals surface area contributed by atoms with Crippen molar-refractivity contribution in [1.29, 1.82) is 0 Å². The molecule has 1 aromatic rings. The van der Waals surface area contributed by atoms with Crippen LogP contribution in [0.5, 0.6) is 0 Å². The average molecular weight is 326 g/mol. The predicted molar refractivity (Wildman–Crippen MR) is 84.5 cm³/mol. The van der Waals surface area contributed by atoms with Gasteiger partial charge in [-0.25, -0.2) is 0 Å². The maximum atomic E-state index is 12.3. The van der Waals surface area contributed by atoms with Crippen molar-refractivity contribution < 1.29 is 19.1 Å². The topological polar surface area (TPSA) is 75.7 Å². The second-order valence-electron chi connectivity index (χ2n) is 4.80. The van der Waals surface area contributed by atoms with Crippen molar-refractivity contribution in [3.8, 4) is 0 Å². The third kappa shape index (κ3) is 7.21. The molecule has 1 N–H and O–H groups in total. The highest BCUT2D eigenvalue weighted by Crippen LogP contribution is 2.11. The average Bonchev–Trinajstić information content (AvgIpc) is 2.98. The van der Waals surface area contributed by atoms with E-state index in [1.807, 2.05) is 17.5 Å². The van der Waals surface area contributed by atoms with Gasteiger partial charge in [-0.05, 0) is 17.9 Å². The Morgan fingerprint density at radius 3 is 2.68 bits per heavy atom. The molecule has 0 fully saturated rings. The molecule has 122 valence electrons. The monoisotopic (exact) mass is 326 g/mol. The van der Waals surface area contributed by atoms with Crippen LogP contribution in [0, 0.1) is 0 Å². The highest BCUT2D eigenvalue weighted by molar-refractivity contribution is 7.10. The fourth-order valence-electron chi connectivity index (χ4n) is 1.90. The maximum Gasteiger partial charge on any atom is 0.307 e. The highest BCUT2D eigenvalue weighted by atomic mass is 32.1. The Kier molecular flexibility index (Phi) is 8.21. The van der Waals surface area contributed by atoms with Gasteiger partial charge in [0.25, 0.3) is 0 Å². The van der Waals surface area contributed by atoms with E-state index in [4.69, 9.17) is 0 Å². The van der Waals surface area contributed by atoms with Gasteiger partial charge in [0.15, 0.2) is 0 Å². The molecule has 0 aliphatic carbocycles. The molecule has 0 bridgehead atoms. The van der Waals surface area contributed by atoms with Crippen molar-refractivity contribution in [3.05, 3.63) is 22.4 Å². The molecule has 0 spiro atoms. The Morgan fingerprint density at radius 1 is 1.32 bits per heavy atom. The number of thiophene rings is 1. The lowest BCUT2D eigenvalue weighted by atomic mass is 10.2. The molecule has 0 aromatic carbocycles. The Morgan fingerprint density at radius 2 is 2.09 bits per heavy atom. The summed E-state index contributed by atoms with van der Waals surface area (Å²) in [5, 5.41) is 4.62. The van der Waals surface area contributed by atoms with E-state index in [1.165, 1.54) is 25.4 Å². The third-order valence-corrected chi connectivity index (χ3v) is 3.93.